The molecular weight excluding hydrogens is 502 g/mol. The summed E-state index contributed by atoms with van der Waals surface area (Å²) < 4.78 is 11.6. The highest BCUT2D eigenvalue weighted by molar-refractivity contribution is 8.00. The van der Waals surface area contributed by atoms with Crippen molar-refractivity contribution in [1.82, 2.24) is 14.9 Å². The van der Waals surface area contributed by atoms with Crippen molar-refractivity contribution in [2.75, 3.05) is 35.2 Å². The zero-order valence-corrected chi connectivity index (χ0v) is 21.6. The van der Waals surface area contributed by atoms with Crippen LogP contribution in [0.1, 0.15) is 15.9 Å². The highest BCUT2D eigenvalue weighted by Crippen LogP contribution is 2.47. The van der Waals surface area contributed by atoms with Gasteiger partial charge in [0.2, 0.25) is 0 Å². The number of hydrogen-bond donors (Lipinski definition) is 2. The lowest BCUT2D eigenvalue weighted by molar-refractivity contribution is 0.102. The molecule has 2 aliphatic rings. The van der Waals surface area contributed by atoms with Crippen LogP contribution in [0.3, 0.4) is 0 Å². The number of amides is 1. The predicted octanol–water partition coefficient (Wildman–Crippen LogP) is 5.17. The monoisotopic (exact) mass is 527 g/mol. The van der Waals surface area contributed by atoms with E-state index in [0.717, 1.165) is 69.1 Å². The van der Waals surface area contributed by atoms with Crippen LogP contribution in [-0.4, -0.2) is 49.6 Å². The lowest BCUT2D eigenvalue weighted by Crippen LogP contribution is -2.37. The summed E-state index contributed by atoms with van der Waals surface area (Å²) in [5.41, 5.74) is 5.50. The van der Waals surface area contributed by atoms with Gasteiger partial charge in [-0.25, -0.2) is 4.98 Å². The Morgan fingerprint density at radius 3 is 2.68 bits per heavy atom. The van der Waals surface area contributed by atoms with Gasteiger partial charge in [0, 0.05) is 87.8 Å². The molecule has 1 fully saturated rings. The molecule has 9 heteroatoms. The number of rotatable bonds is 5. The molecule has 4 aromatic rings. The maximum absolute atomic E-state index is 12.9. The molecule has 1 amide bonds. The molecule has 1 saturated heterocycles. The third-order valence-electron chi connectivity index (χ3n) is 6.47. The summed E-state index contributed by atoms with van der Waals surface area (Å²) >= 11 is 1.66. The largest absolute Gasteiger partial charge is 0.338 e. The van der Waals surface area contributed by atoms with Gasteiger partial charge < -0.3 is 10.6 Å². The van der Waals surface area contributed by atoms with E-state index in [-0.39, 0.29) is 5.91 Å². The molecule has 0 atom stereocenters. The number of anilines is 3. The molecular formula is C28H25N5O2S2. The van der Waals surface area contributed by atoms with E-state index < -0.39 is 10.8 Å². The molecule has 2 N–H and O–H groups in total. The molecule has 7 nitrogen and oxygen atoms in total. The second-order valence-electron chi connectivity index (χ2n) is 8.99. The normalized spacial score (nSPS) is 15.4. The van der Waals surface area contributed by atoms with Gasteiger partial charge in [0.1, 0.15) is 5.82 Å². The molecule has 186 valence electrons. The summed E-state index contributed by atoms with van der Waals surface area (Å²) in [4.78, 5) is 26.1. The van der Waals surface area contributed by atoms with Crippen molar-refractivity contribution in [3.05, 3.63) is 90.4 Å². The Bertz CT molecular complexity index is 1470. The molecule has 6 rings (SSSR count). The Kier molecular flexibility index (Phi) is 6.73. The standard InChI is InChI=1S/C28H25N5O2S2/c34-28(20-5-3-19(4-6-20)18-33-12-14-37(35)15-13-33)31-22-7-8-25-24(16-22)32-27-26(36-25)23(9-11-30-27)21-2-1-10-29-17-21/h1-11,16-17H,12-15,18H2,(H,30,32)(H,31,34). The number of benzene rings is 2. The minimum absolute atomic E-state index is 0.152. The Hall–Kier alpha value is -3.53. The van der Waals surface area contributed by atoms with E-state index in [1.165, 1.54) is 0 Å². The molecule has 0 radical (unpaired) electrons. The maximum atomic E-state index is 12.9. The van der Waals surface area contributed by atoms with Gasteiger partial charge in [0.15, 0.2) is 0 Å². The van der Waals surface area contributed by atoms with Gasteiger partial charge >= 0.3 is 0 Å². The second-order valence-corrected chi connectivity index (χ2v) is 11.7. The van der Waals surface area contributed by atoms with Crippen LogP contribution in [0.2, 0.25) is 0 Å². The van der Waals surface area contributed by atoms with E-state index in [1.807, 2.05) is 66.9 Å². The fraction of sp³-hybridized carbons (Fsp3) is 0.179. The number of nitrogens with one attached hydrogen (secondary N) is 2. The number of carbonyl (C=O) groups excluding carboxylic acids is 1. The fourth-order valence-corrected chi connectivity index (χ4v) is 6.68. The van der Waals surface area contributed by atoms with E-state index >= 15 is 0 Å². The van der Waals surface area contributed by atoms with Crippen LogP contribution in [0.4, 0.5) is 17.2 Å². The van der Waals surface area contributed by atoms with Gasteiger partial charge in [0.25, 0.3) is 5.91 Å². The van der Waals surface area contributed by atoms with E-state index in [9.17, 15) is 9.00 Å². The van der Waals surface area contributed by atoms with Crippen LogP contribution in [0.15, 0.2) is 89.0 Å². The van der Waals surface area contributed by atoms with Gasteiger partial charge in [0.05, 0.1) is 10.6 Å². The topological polar surface area (TPSA) is 87.2 Å². The fourth-order valence-electron chi connectivity index (χ4n) is 4.48. The van der Waals surface area contributed by atoms with E-state index in [0.29, 0.717) is 11.3 Å². The van der Waals surface area contributed by atoms with Crippen molar-refractivity contribution in [3.63, 3.8) is 0 Å². The molecule has 2 aromatic carbocycles. The molecule has 0 aliphatic carbocycles. The number of carbonyl (C=O) groups is 1. The molecule has 2 aliphatic heterocycles. The lowest BCUT2D eigenvalue weighted by atomic mass is 10.1. The van der Waals surface area contributed by atoms with Crippen molar-refractivity contribution >= 4 is 45.7 Å². The summed E-state index contributed by atoms with van der Waals surface area (Å²) in [6, 6.07) is 19.6. The van der Waals surface area contributed by atoms with Crippen LogP contribution in [0, 0.1) is 0 Å². The summed E-state index contributed by atoms with van der Waals surface area (Å²) in [6.07, 6.45) is 5.41. The SMILES string of the molecule is O=C(Nc1ccc2c(c1)Nc1nccc(-c3cccnc3)c1S2)c1ccc(CN2CCS(=O)CC2)cc1. The minimum Gasteiger partial charge on any atom is -0.338 e. The average Bonchev–Trinajstić information content (AvgIpc) is 2.93. The van der Waals surface area contributed by atoms with Crippen LogP contribution >= 0.6 is 11.8 Å². The zero-order valence-electron chi connectivity index (χ0n) is 20.0. The Morgan fingerprint density at radius 1 is 1.05 bits per heavy atom. The van der Waals surface area contributed by atoms with Crippen molar-refractivity contribution in [2.45, 2.75) is 16.3 Å². The smallest absolute Gasteiger partial charge is 0.255 e. The van der Waals surface area contributed by atoms with Crippen molar-refractivity contribution < 1.29 is 9.00 Å². The van der Waals surface area contributed by atoms with Gasteiger partial charge in [-0.05, 0) is 48.0 Å². The van der Waals surface area contributed by atoms with Crippen LogP contribution in [0.25, 0.3) is 11.1 Å². The molecule has 0 spiro atoms. The number of aromatic nitrogens is 2. The third kappa shape index (κ3) is 5.29. The first-order valence-corrected chi connectivity index (χ1v) is 14.4. The second kappa shape index (κ2) is 10.5. The van der Waals surface area contributed by atoms with Crippen molar-refractivity contribution in [1.29, 1.82) is 0 Å². The maximum Gasteiger partial charge on any atom is 0.255 e. The first kappa shape index (κ1) is 23.8. The van der Waals surface area contributed by atoms with Gasteiger partial charge in [-0.3, -0.25) is 18.9 Å². The quantitative estimate of drug-likeness (QED) is 0.326. The number of hydrogen-bond acceptors (Lipinski definition) is 7. The van der Waals surface area contributed by atoms with Crippen LogP contribution < -0.4 is 10.6 Å². The molecule has 37 heavy (non-hydrogen) atoms. The zero-order chi connectivity index (χ0) is 25.2. The van der Waals surface area contributed by atoms with Crippen LogP contribution in [-0.2, 0) is 17.3 Å². The Morgan fingerprint density at radius 2 is 1.89 bits per heavy atom. The predicted molar refractivity (Wildman–Crippen MR) is 149 cm³/mol. The summed E-state index contributed by atoms with van der Waals surface area (Å²) in [7, 11) is -0.676. The summed E-state index contributed by atoms with van der Waals surface area (Å²) in [5.74, 6) is 2.11. The van der Waals surface area contributed by atoms with E-state index in [4.69, 9.17) is 0 Å². The van der Waals surface area contributed by atoms with Gasteiger partial charge in [-0.2, -0.15) is 0 Å². The molecule has 0 saturated carbocycles. The number of pyridine rings is 2. The van der Waals surface area contributed by atoms with E-state index in [1.54, 1.807) is 24.2 Å². The van der Waals surface area contributed by atoms with Crippen LogP contribution in [0.5, 0.6) is 0 Å². The van der Waals surface area contributed by atoms with Crippen molar-refractivity contribution in [3.8, 4) is 11.1 Å². The first-order chi connectivity index (χ1) is 18.1. The highest BCUT2D eigenvalue weighted by Gasteiger charge is 2.21. The lowest BCUT2D eigenvalue weighted by Gasteiger charge is -2.26. The highest BCUT2D eigenvalue weighted by atomic mass is 32.2. The molecule has 0 bridgehead atoms. The van der Waals surface area contributed by atoms with Crippen molar-refractivity contribution in [2.24, 2.45) is 0 Å². The third-order valence-corrected chi connectivity index (χ3v) is 8.94. The van der Waals surface area contributed by atoms with Gasteiger partial charge in [-0.15, -0.1) is 0 Å². The summed E-state index contributed by atoms with van der Waals surface area (Å²) in [6.45, 7) is 2.51. The molecule has 2 aromatic heterocycles. The number of fused-ring (bicyclic) bond motifs is 2. The number of nitrogens with zero attached hydrogens (tertiary/aromatic N) is 3. The first-order valence-electron chi connectivity index (χ1n) is 12.1. The average molecular weight is 528 g/mol. The molecule has 4 heterocycles. The minimum atomic E-state index is -0.676. The summed E-state index contributed by atoms with van der Waals surface area (Å²) in [5, 5.41) is 6.44. The Balaban J connectivity index is 1.13. The molecule has 0 unspecified atom stereocenters. The van der Waals surface area contributed by atoms with E-state index in [2.05, 4.69) is 25.5 Å². The Labute approximate surface area is 222 Å². The van der Waals surface area contributed by atoms with Gasteiger partial charge in [-0.1, -0.05) is 30.0 Å².